The Kier molecular flexibility index (Phi) is 5.91. The van der Waals surface area contributed by atoms with E-state index >= 15 is 0 Å². The number of nitrogens with zero attached hydrogens (tertiary/aromatic N) is 2. The van der Waals surface area contributed by atoms with Crippen molar-refractivity contribution in [3.05, 3.63) is 66.0 Å². The first-order chi connectivity index (χ1) is 13.4. The predicted octanol–water partition coefficient (Wildman–Crippen LogP) is 3.71. The first-order valence-electron chi connectivity index (χ1n) is 8.60. The summed E-state index contributed by atoms with van der Waals surface area (Å²) in [5.41, 5.74) is 4.83. The van der Waals surface area contributed by atoms with Gasteiger partial charge in [0.15, 0.2) is 0 Å². The molecule has 0 saturated carbocycles. The molecule has 0 radical (unpaired) electrons. The quantitative estimate of drug-likeness (QED) is 0.630. The molecule has 3 rings (SSSR count). The van der Waals surface area contributed by atoms with Crippen LogP contribution in [0.3, 0.4) is 0 Å². The summed E-state index contributed by atoms with van der Waals surface area (Å²) in [4.78, 5) is 8.65. The lowest BCUT2D eigenvalue weighted by molar-refractivity contribution is 0.185. The monoisotopic (exact) mass is 398 g/mol. The topological polar surface area (TPSA) is 93.2 Å². The zero-order chi connectivity index (χ0) is 20.1. The molecule has 7 nitrogen and oxygen atoms in total. The fourth-order valence-electron chi connectivity index (χ4n) is 2.78. The Labute approximate surface area is 164 Å². The van der Waals surface area contributed by atoms with Crippen LogP contribution in [0.15, 0.2) is 54.9 Å². The molecule has 0 unspecified atom stereocenters. The lowest BCUT2D eigenvalue weighted by atomic mass is 10.0. The SMILES string of the molecule is COCc1ccccc1-c1cc(Nc2ccc(C)c(NS(C)(=O)=O)c2)ncn1. The van der Waals surface area contributed by atoms with Crippen LogP contribution in [0.25, 0.3) is 11.3 Å². The molecule has 0 saturated heterocycles. The molecular formula is C20H22N4O3S. The van der Waals surface area contributed by atoms with E-state index in [-0.39, 0.29) is 0 Å². The maximum absolute atomic E-state index is 11.5. The first kappa shape index (κ1) is 19.8. The Hall–Kier alpha value is -2.97. The molecule has 146 valence electrons. The molecule has 8 heteroatoms. The van der Waals surface area contributed by atoms with Crippen LogP contribution in [0.1, 0.15) is 11.1 Å². The van der Waals surface area contributed by atoms with Crippen molar-refractivity contribution in [2.24, 2.45) is 0 Å². The standard InChI is InChI=1S/C20H22N4O3S/c1-14-8-9-16(10-18(14)24-28(3,25)26)23-20-11-19(21-13-22-20)17-7-5-4-6-15(17)12-27-2/h4-11,13,24H,12H2,1-3H3,(H,21,22,23). The molecule has 0 aliphatic heterocycles. The molecule has 0 spiro atoms. The van der Waals surface area contributed by atoms with Gasteiger partial charge >= 0.3 is 0 Å². The van der Waals surface area contributed by atoms with Gasteiger partial charge in [-0.15, -0.1) is 0 Å². The molecule has 1 aromatic heterocycles. The lowest BCUT2D eigenvalue weighted by Gasteiger charge is -2.12. The molecule has 2 N–H and O–H groups in total. The summed E-state index contributed by atoms with van der Waals surface area (Å²) < 4.78 is 30.9. The van der Waals surface area contributed by atoms with Gasteiger partial charge in [-0.1, -0.05) is 30.3 Å². The molecule has 0 aliphatic carbocycles. The minimum Gasteiger partial charge on any atom is -0.380 e. The van der Waals surface area contributed by atoms with Gasteiger partial charge in [0.25, 0.3) is 0 Å². The normalized spacial score (nSPS) is 11.2. The number of methoxy groups -OCH3 is 1. The van der Waals surface area contributed by atoms with Crippen molar-refractivity contribution in [2.45, 2.75) is 13.5 Å². The number of anilines is 3. The number of sulfonamides is 1. The van der Waals surface area contributed by atoms with Crippen molar-refractivity contribution in [1.29, 1.82) is 0 Å². The molecule has 0 amide bonds. The van der Waals surface area contributed by atoms with E-state index in [0.717, 1.165) is 28.6 Å². The van der Waals surface area contributed by atoms with Gasteiger partial charge < -0.3 is 10.1 Å². The van der Waals surface area contributed by atoms with E-state index in [1.54, 1.807) is 13.2 Å². The van der Waals surface area contributed by atoms with Gasteiger partial charge in [0.05, 0.1) is 24.2 Å². The molecule has 0 aliphatic rings. The second kappa shape index (κ2) is 8.37. The van der Waals surface area contributed by atoms with E-state index in [4.69, 9.17) is 4.74 Å². The van der Waals surface area contributed by atoms with E-state index in [1.165, 1.54) is 6.33 Å². The number of nitrogens with one attached hydrogen (secondary N) is 2. The van der Waals surface area contributed by atoms with Crippen LogP contribution in [0.5, 0.6) is 0 Å². The largest absolute Gasteiger partial charge is 0.380 e. The molecule has 0 bridgehead atoms. The van der Waals surface area contributed by atoms with Gasteiger partial charge in [-0.2, -0.15) is 0 Å². The third-order valence-corrected chi connectivity index (χ3v) is 4.66. The van der Waals surface area contributed by atoms with Crippen molar-refractivity contribution in [3.63, 3.8) is 0 Å². The van der Waals surface area contributed by atoms with Crippen molar-refractivity contribution in [2.75, 3.05) is 23.4 Å². The molecule has 0 atom stereocenters. The van der Waals surface area contributed by atoms with Gasteiger partial charge in [-0.05, 0) is 30.2 Å². The maximum atomic E-state index is 11.5. The third-order valence-electron chi connectivity index (χ3n) is 4.07. The van der Waals surface area contributed by atoms with Gasteiger partial charge in [-0.3, -0.25) is 4.72 Å². The third kappa shape index (κ3) is 5.05. The van der Waals surface area contributed by atoms with Crippen molar-refractivity contribution in [3.8, 4) is 11.3 Å². The van der Waals surface area contributed by atoms with Crippen molar-refractivity contribution < 1.29 is 13.2 Å². The fraction of sp³-hybridized carbons (Fsp3) is 0.200. The van der Waals surface area contributed by atoms with Gasteiger partial charge in [0.1, 0.15) is 12.1 Å². The number of rotatable bonds is 7. The molecular weight excluding hydrogens is 376 g/mol. The Morgan fingerprint density at radius 2 is 1.86 bits per heavy atom. The van der Waals surface area contributed by atoms with Gasteiger partial charge in [0, 0.05) is 24.4 Å². The van der Waals surface area contributed by atoms with Crippen LogP contribution < -0.4 is 10.0 Å². The van der Waals surface area contributed by atoms with Gasteiger partial charge in [-0.25, -0.2) is 18.4 Å². The van der Waals surface area contributed by atoms with E-state index in [9.17, 15) is 8.42 Å². The first-order valence-corrected chi connectivity index (χ1v) is 10.5. The average Bonchev–Trinajstić information content (AvgIpc) is 2.64. The van der Waals surface area contributed by atoms with Crippen LogP contribution in [-0.4, -0.2) is 31.8 Å². The highest BCUT2D eigenvalue weighted by atomic mass is 32.2. The van der Waals surface area contributed by atoms with E-state index in [2.05, 4.69) is 20.0 Å². The van der Waals surface area contributed by atoms with Crippen LogP contribution in [-0.2, 0) is 21.4 Å². The van der Waals surface area contributed by atoms with Crippen LogP contribution in [0.2, 0.25) is 0 Å². The highest BCUT2D eigenvalue weighted by Gasteiger charge is 2.09. The second-order valence-electron chi connectivity index (χ2n) is 6.41. The number of ether oxygens (including phenoxy) is 1. The molecule has 1 heterocycles. The number of benzene rings is 2. The summed E-state index contributed by atoms with van der Waals surface area (Å²) in [6.07, 6.45) is 2.62. The fourth-order valence-corrected chi connectivity index (χ4v) is 3.40. The van der Waals surface area contributed by atoms with Gasteiger partial charge in [0.2, 0.25) is 10.0 Å². The van der Waals surface area contributed by atoms with E-state index in [1.807, 2.05) is 49.4 Å². The Morgan fingerprint density at radius 3 is 2.61 bits per heavy atom. The zero-order valence-corrected chi connectivity index (χ0v) is 16.7. The van der Waals surface area contributed by atoms with Crippen molar-refractivity contribution >= 4 is 27.2 Å². The Morgan fingerprint density at radius 1 is 1.07 bits per heavy atom. The highest BCUT2D eigenvalue weighted by molar-refractivity contribution is 7.92. The minimum absolute atomic E-state index is 0.488. The summed E-state index contributed by atoms with van der Waals surface area (Å²) in [7, 11) is -1.70. The molecule has 28 heavy (non-hydrogen) atoms. The predicted molar refractivity (Wildman–Crippen MR) is 111 cm³/mol. The van der Waals surface area contributed by atoms with Crippen LogP contribution in [0.4, 0.5) is 17.2 Å². The lowest BCUT2D eigenvalue weighted by Crippen LogP contribution is -2.10. The molecule has 3 aromatic rings. The second-order valence-corrected chi connectivity index (χ2v) is 8.16. The smallest absolute Gasteiger partial charge is 0.229 e. The average molecular weight is 398 g/mol. The Balaban J connectivity index is 1.89. The maximum Gasteiger partial charge on any atom is 0.229 e. The summed E-state index contributed by atoms with van der Waals surface area (Å²) in [6, 6.07) is 15.2. The summed E-state index contributed by atoms with van der Waals surface area (Å²) >= 11 is 0. The number of hydrogen-bond donors (Lipinski definition) is 2. The summed E-state index contributed by atoms with van der Waals surface area (Å²) in [5, 5.41) is 3.20. The van der Waals surface area contributed by atoms with E-state index < -0.39 is 10.0 Å². The Bertz CT molecular complexity index is 1080. The van der Waals surface area contributed by atoms with Crippen LogP contribution >= 0.6 is 0 Å². The summed E-state index contributed by atoms with van der Waals surface area (Å²) in [6.45, 7) is 2.33. The summed E-state index contributed by atoms with van der Waals surface area (Å²) in [5.74, 6) is 0.603. The number of aromatic nitrogens is 2. The van der Waals surface area contributed by atoms with E-state index in [0.29, 0.717) is 23.8 Å². The number of aryl methyl sites for hydroxylation is 1. The number of hydrogen-bond acceptors (Lipinski definition) is 6. The van der Waals surface area contributed by atoms with Crippen LogP contribution in [0, 0.1) is 6.92 Å². The molecule has 0 fully saturated rings. The zero-order valence-electron chi connectivity index (χ0n) is 15.9. The minimum atomic E-state index is -3.36. The highest BCUT2D eigenvalue weighted by Crippen LogP contribution is 2.27. The van der Waals surface area contributed by atoms with Crippen molar-refractivity contribution in [1.82, 2.24) is 9.97 Å². The molecule has 2 aromatic carbocycles.